The zero-order valence-electron chi connectivity index (χ0n) is 14.2. The van der Waals surface area contributed by atoms with Gasteiger partial charge < -0.3 is 10.2 Å². The zero-order chi connectivity index (χ0) is 18.0. The average Bonchev–Trinajstić information content (AvgIpc) is 3.08. The maximum Gasteiger partial charge on any atom is 0.240 e. The number of hydrogen-bond donors (Lipinski definition) is 1. The van der Waals surface area contributed by atoms with Gasteiger partial charge in [-0.05, 0) is 43.3 Å². The molecule has 0 bridgehead atoms. The highest BCUT2D eigenvalue weighted by atomic mass is 19.1. The Kier molecular flexibility index (Phi) is 4.95. The summed E-state index contributed by atoms with van der Waals surface area (Å²) in [7, 11) is 1.72. The molecule has 0 saturated heterocycles. The van der Waals surface area contributed by atoms with Crippen LogP contribution in [0.4, 0.5) is 8.78 Å². The van der Waals surface area contributed by atoms with Crippen molar-refractivity contribution in [3.63, 3.8) is 0 Å². The van der Waals surface area contributed by atoms with E-state index in [-0.39, 0.29) is 30.1 Å². The Balaban J connectivity index is 2.01. The number of halogens is 2. The first kappa shape index (κ1) is 17.3. The Hall–Kier alpha value is -2.53. The number of carbonyl (C=O) groups excluding carboxylic acids is 1. The Morgan fingerprint density at radius 2 is 1.92 bits per heavy atom. The smallest absolute Gasteiger partial charge is 0.240 e. The van der Waals surface area contributed by atoms with Gasteiger partial charge in [-0.15, -0.1) is 0 Å². The Labute approximate surface area is 146 Å². The maximum absolute atomic E-state index is 14.2. The number of benzene rings is 2. The van der Waals surface area contributed by atoms with Crippen molar-refractivity contribution in [2.24, 2.45) is 0 Å². The normalized spacial score (nSPS) is 18.2. The molecule has 1 aliphatic rings. The summed E-state index contributed by atoms with van der Waals surface area (Å²) in [5, 5.41) is 2.94. The van der Waals surface area contributed by atoms with Crippen LogP contribution in [0.1, 0.15) is 24.1 Å². The van der Waals surface area contributed by atoms with Gasteiger partial charge in [0, 0.05) is 12.1 Å². The molecule has 3 nitrogen and oxygen atoms in total. The minimum atomic E-state index is -0.498. The number of amides is 1. The second-order valence-corrected chi connectivity index (χ2v) is 6.15. The Morgan fingerprint density at radius 1 is 1.20 bits per heavy atom. The summed E-state index contributed by atoms with van der Waals surface area (Å²) >= 11 is 0. The summed E-state index contributed by atoms with van der Waals surface area (Å²) in [4.78, 5) is 14.4. The van der Waals surface area contributed by atoms with Crippen LogP contribution in [0.3, 0.4) is 0 Å². The SMILES string of the molecule is CN[C@@H](C)C(=O)N1CC(c2cc(F)ccc2F)=CC1c1ccccc1. The second kappa shape index (κ2) is 7.15. The molecular formula is C20H20F2N2O. The Morgan fingerprint density at radius 3 is 2.60 bits per heavy atom. The molecule has 130 valence electrons. The van der Waals surface area contributed by atoms with E-state index in [0.717, 1.165) is 17.7 Å². The average molecular weight is 342 g/mol. The fourth-order valence-electron chi connectivity index (χ4n) is 3.05. The molecule has 1 N–H and O–H groups in total. The van der Waals surface area contributed by atoms with Crippen molar-refractivity contribution in [1.29, 1.82) is 0 Å². The molecule has 3 rings (SSSR count). The molecule has 1 unspecified atom stereocenters. The first-order chi connectivity index (χ1) is 12.0. The van der Waals surface area contributed by atoms with Crippen molar-refractivity contribution < 1.29 is 13.6 Å². The van der Waals surface area contributed by atoms with Gasteiger partial charge in [-0.1, -0.05) is 36.4 Å². The molecule has 2 aromatic carbocycles. The lowest BCUT2D eigenvalue weighted by molar-refractivity contribution is -0.133. The van der Waals surface area contributed by atoms with Crippen LogP contribution in [0.15, 0.2) is 54.6 Å². The van der Waals surface area contributed by atoms with Gasteiger partial charge in [0.1, 0.15) is 11.6 Å². The summed E-state index contributed by atoms with van der Waals surface area (Å²) in [5.74, 6) is -1.07. The van der Waals surface area contributed by atoms with Gasteiger partial charge in [0.2, 0.25) is 5.91 Å². The number of nitrogens with zero attached hydrogens (tertiary/aromatic N) is 1. The summed E-state index contributed by atoms with van der Waals surface area (Å²) in [5.41, 5.74) is 1.75. The largest absolute Gasteiger partial charge is 0.326 e. The summed E-state index contributed by atoms with van der Waals surface area (Å²) < 4.78 is 27.8. The van der Waals surface area contributed by atoms with Crippen molar-refractivity contribution >= 4 is 11.5 Å². The Bertz CT molecular complexity index is 805. The summed E-state index contributed by atoms with van der Waals surface area (Å²) in [6, 6.07) is 12.3. The molecule has 0 saturated carbocycles. The van der Waals surface area contributed by atoms with Gasteiger partial charge in [-0.3, -0.25) is 4.79 Å². The first-order valence-electron chi connectivity index (χ1n) is 8.20. The van der Waals surface area contributed by atoms with Crippen molar-refractivity contribution in [1.82, 2.24) is 10.2 Å². The number of hydrogen-bond acceptors (Lipinski definition) is 2. The van der Waals surface area contributed by atoms with Gasteiger partial charge in [0.05, 0.1) is 12.1 Å². The quantitative estimate of drug-likeness (QED) is 0.922. The van der Waals surface area contributed by atoms with Gasteiger partial charge in [-0.2, -0.15) is 0 Å². The van der Waals surface area contributed by atoms with Crippen LogP contribution in [-0.2, 0) is 4.79 Å². The highest BCUT2D eigenvalue weighted by Gasteiger charge is 2.33. The van der Waals surface area contributed by atoms with E-state index in [2.05, 4.69) is 5.32 Å². The first-order valence-corrected chi connectivity index (χ1v) is 8.20. The van der Waals surface area contributed by atoms with Crippen LogP contribution in [0, 0.1) is 11.6 Å². The molecule has 0 aliphatic carbocycles. The molecular weight excluding hydrogens is 322 g/mol. The molecule has 2 atom stereocenters. The molecule has 1 aliphatic heterocycles. The topological polar surface area (TPSA) is 32.3 Å². The maximum atomic E-state index is 14.2. The third-order valence-corrected chi connectivity index (χ3v) is 4.54. The van der Waals surface area contributed by atoms with Crippen molar-refractivity contribution in [2.75, 3.05) is 13.6 Å². The zero-order valence-corrected chi connectivity index (χ0v) is 14.2. The highest BCUT2D eigenvalue weighted by molar-refractivity contribution is 5.86. The lowest BCUT2D eigenvalue weighted by Crippen LogP contribution is -2.43. The standard InChI is InChI=1S/C20H20F2N2O/c1-13(23-2)20(25)24-12-15(17-11-16(21)8-9-18(17)22)10-19(24)14-6-4-3-5-7-14/h3-11,13,19,23H,12H2,1-2H3/t13-,19?/m0/s1. The number of likely N-dealkylation sites (N-methyl/N-ethyl adjacent to an activating group) is 1. The van der Waals surface area contributed by atoms with E-state index < -0.39 is 11.6 Å². The third kappa shape index (κ3) is 3.46. The van der Waals surface area contributed by atoms with Crippen LogP contribution >= 0.6 is 0 Å². The van der Waals surface area contributed by atoms with Gasteiger partial charge in [0.25, 0.3) is 0 Å². The van der Waals surface area contributed by atoms with E-state index in [9.17, 15) is 13.6 Å². The van der Waals surface area contributed by atoms with E-state index in [4.69, 9.17) is 0 Å². The van der Waals surface area contributed by atoms with Gasteiger partial charge in [-0.25, -0.2) is 8.78 Å². The van der Waals surface area contributed by atoms with E-state index >= 15 is 0 Å². The van der Waals surface area contributed by atoms with Gasteiger partial charge in [0.15, 0.2) is 0 Å². The lowest BCUT2D eigenvalue weighted by atomic mass is 10.0. The predicted molar refractivity (Wildman–Crippen MR) is 93.8 cm³/mol. The predicted octanol–water partition coefficient (Wildman–Crippen LogP) is 3.54. The van der Waals surface area contributed by atoms with Crippen LogP contribution in [-0.4, -0.2) is 30.4 Å². The number of carbonyl (C=O) groups is 1. The number of nitrogens with one attached hydrogen (secondary N) is 1. The van der Waals surface area contributed by atoms with Crippen LogP contribution < -0.4 is 5.32 Å². The molecule has 1 amide bonds. The van der Waals surface area contributed by atoms with Crippen LogP contribution in [0.5, 0.6) is 0 Å². The fourth-order valence-corrected chi connectivity index (χ4v) is 3.05. The van der Waals surface area contributed by atoms with E-state index in [1.807, 2.05) is 36.4 Å². The van der Waals surface area contributed by atoms with Crippen molar-refractivity contribution in [3.05, 3.63) is 77.4 Å². The van der Waals surface area contributed by atoms with Crippen LogP contribution in [0.2, 0.25) is 0 Å². The molecule has 5 heteroatoms. The monoisotopic (exact) mass is 342 g/mol. The fraction of sp³-hybridized carbons (Fsp3) is 0.250. The van der Waals surface area contributed by atoms with Crippen LogP contribution in [0.25, 0.3) is 5.57 Å². The highest BCUT2D eigenvalue weighted by Crippen LogP contribution is 2.36. The minimum absolute atomic E-state index is 0.0839. The molecule has 2 aromatic rings. The molecule has 1 heterocycles. The lowest BCUT2D eigenvalue weighted by Gasteiger charge is -2.28. The molecule has 25 heavy (non-hydrogen) atoms. The molecule has 0 aromatic heterocycles. The minimum Gasteiger partial charge on any atom is -0.326 e. The summed E-state index contributed by atoms with van der Waals surface area (Å²) in [6.07, 6.45) is 1.84. The van der Waals surface area contributed by atoms with Crippen molar-refractivity contribution in [2.45, 2.75) is 19.0 Å². The van der Waals surface area contributed by atoms with E-state index in [1.54, 1.807) is 18.9 Å². The van der Waals surface area contributed by atoms with E-state index in [0.29, 0.717) is 5.57 Å². The molecule has 0 spiro atoms. The summed E-state index contributed by atoms with van der Waals surface area (Å²) in [6.45, 7) is 2.02. The molecule has 0 fully saturated rings. The molecule has 0 radical (unpaired) electrons. The van der Waals surface area contributed by atoms with Gasteiger partial charge >= 0.3 is 0 Å². The second-order valence-electron chi connectivity index (χ2n) is 6.15. The van der Waals surface area contributed by atoms with Crippen molar-refractivity contribution in [3.8, 4) is 0 Å². The third-order valence-electron chi connectivity index (χ3n) is 4.54. The van der Waals surface area contributed by atoms with E-state index in [1.165, 1.54) is 6.07 Å². The number of rotatable bonds is 4.